The van der Waals surface area contributed by atoms with Gasteiger partial charge in [-0.25, -0.2) is 0 Å². The first-order chi connectivity index (χ1) is 9.15. The second-order valence-electron chi connectivity index (χ2n) is 5.45. The molecule has 19 heavy (non-hydrogen) atoms. The minimum absolute atomic E-state index is 0.00750. The van der Waals surface area contributed by atoms with Crippen LogP contribution >= 0.6 is 22.6 Å². The summed E-state index contributed by atoms with van der Waals surface area (Å²) < 4.78 is 7.19. The maximum absolute atomic E-state index is 12.4. The third-order valence-electron chi connectivity index (χ3n) is 4.40. The normalized spacial score (nSPS) is 37.7. The number of carbonyl (C=O) groups excluding carboxylic acids is 1. The first-order valence-corrected chi connectivity index (χ1v) is 8.26. The number of alkyl halides is 1. The lowest BCUT2D eigenvalue weighted by molar-refractivity contribution is -0.133. The summed E-state index contributed by atoms with van der Waals surface area (Å²) in [5, 5.41) is 0. The van der Waals surface area contributed by atoms with Crippen LogP contribution in [0.1, 0.15) is 25.5 Å². The Morgan fingerprint density at radius 1 is 1.26 bits per heavy atom. The van der Waals surface area contributed by atoms with Gasteiger partial charge in [-0.05, 0) is 12.5 Å². The number of hydrogen-bond donors (Lipinski definition) is 0. The van der Waals surface area contributed by atoms with Crippen LogP contribution < -0.4 is 0 Å². The zero-order valence-corrected chi connectivity index (χ0v) is 13.3. The van der Waals surface area contributed by atoms with Crippen molar-refractivity contribution in [2.24, 2.45) is 11.8 Å². The Labute approximate surface area is 127 Å². The summed E-state index contributed by atoms with van der Waals surface area (Å²) in [6.07, 6.45) is -0.0345. The molecular weight excluding hydrogens is 353 g/mol. The summed E-state index contributed by atoms with van der Waals surface area (Å²) in [6, 6.07) is 10.3. The van der Waals surface area contributed by atoms with Gasteiger partial charge in [0.1, 0.15) is 12.3 Å². The first-order valence-electron chi connectivity index (χ1n) is 6.73. The molecule has 0 aromatic heterocycles. The minimum atomic E-state index is -0.0420. The molecule has 4 heteroatoms. The van der Waals surface area contributed by atoms with Crippen LogP contribution in [0, 0.1) is 11.8 Å². The molecular formula is C15H18INO2. The van der Waals surface area contributed by atoms with Gasteiger partial charge in [-0.1, -0.05) is 59.8 Å². The van der Waals surface area contributed by atoms with Crippen LogP contribution in [-0.2, 0) is 9.53 Å². The number of hydrogen-bond acceptors (Lipinski definition) is 2. The highest BCUT2D eigenvalue weighted by atomic mass is 127. The molecule has 0 bridgehead atoms. The van der Waals surface area contributed by atoms with Gasteiger partial charge in [0.15, 0.2) is 0 Å². The number of carbonyl (C=O) groups is 1. The summed E-state index contributed by atoms with van der Waals surface area (Å²) in [4.78, 5) is 14.3. The third kappa shape index (κ3) is 2.00. The zero-order chi connectivity index (χ0) is 13.6. The molecule has 2 saturated heterocycles. The molecule has 0 unspecified atom stereocenters. The predicted molar refractivity (Wildman–Crippen MR) is 81.9 cm³/mol. The highest BCUT2D eigenvalue weighted by Gasteiger charge is 2.54. The summed E-state index contributed by atoms with van der Waals surface area (Å²) in [6.45, 7) is 4.12. The maximum atomic E-state index is 12.4. The largest absolute Gasteiger partial charge is 0.348 e. The number of rotatable bonds is 2. The van der Waals surface area contributed by atoms with Crippen LogP contribution in [0.5, 0.6) is 0 Å². The fraction of sp³-hybridized carbons (Fsp3) is 0.533. The van der Waals surface area contributed by atoms with Crippen molar-refractivity contribution in [3.05, 3.63) is 35.9 Å². The van der Waals surface area contributed by atoms with Crippen molar-refractivity contribution < 1.29 is 9.53 Å². The van der Waals surface area contributed by atoms with Gasteiger partial charge in [0, 0.05) is 16.3 Å². The average Bonchev–Trinajstić information content (AvgIpc) is 2.88. The van der Waals surface area contributed by atoms with E-state index >= 15 is 0 Å². The number of ether oxygens (including phenoxy) is 1. The van der Waals surface area contributed by atoms with Crippen LogP contribution in [0.15, 0.2) is 30.3 Å². The molecule has 0 spiro atoms. The Hall–Kier alpha value is -0.620. The van der Waals surface area contributed by atoms with E-state index in [4.69, 9.17) is 4.74 Å². The molecule has 2 heterocycles. The van der Waals surface area contributed by atoms with E-state index in [1.165, 1.54) is 0 Å². The molecule has 2 fully saturated rings. The molecule has 3 nitrogen and oxygen atoms in total. The molecule has 1 aromatic carbocycles. The molecule has 1 amide bonds. The topological polar surface area (TPSA) is 29.5 Å². The molecule has 102 valence electrons. The summed E-state index contributed by atoms with van der Waals surface area (Å²) in [7, 11) is 0. The molecule has 0 aliphatic carbocycles. The van der Waals surface area contributed by atoms with Crippen molar-refractivity contribution in [3.63, 3.8) is 0 Å². The highest BCUT2D eigenvalue weighted by Crippen LogP contribution is 2.45. The molecule has 0 saturated carbocycles. The maximum Gasteiger partial charge on any atom is 0.228 e. The number of nitrogens with zero attached hydrogens (tertiary/aromatic N) is 1. The van der Waals surface area contributed by atoms with Crippen molar-refractivity contribution in [3.8, 4) is 0 Å². The van der Waals surface area contributed by atoms with Crippen LogP contribution in [0.25, 0.3) is 0 Å². The van der Waals surface area contributed by atoms with Gasteiger partial charge < -0.3 is 9.64 Å². The smallest absolute Gasteiger partial charge is 0.228 e. The van der Waals surface area contributed by atoms with E-state index < -0.39 is 0 Å². The van der Waals surface area contributed by atoms with Gasteiger partial charge in [0.2, 0.25) is 5.91 Å². The van der Waals surface area contributed by atoms with E-state index in [1.54, 1.807) is 0 Å². The Kier molecular flexibility index (Phi) is 3.55. The Bertz CT molecular complexity index is 478. The van der Waals surface area contributed by atoms with E-state index in [1.807, 2.05) is 30.0 Å². The van der Waals surface area contributed by atoms with Gasteiger partial charge in [0.25, 0.3) is 0 Å². The number of halogens is 1. The minimum Gasteiger partial charge on any atom is -0.348 e. The van der Waals surface area contributed by atoms with Gasteiger partial charge >= 0.3 is 0 Å². The van der Waals surface area contributed by atoms with Crippen molar-refractivity contribution in [1.82, 2.24) is 4.90 Å². The van der Waals surface area contributed by atoms with Gasteiger partial charge in [0.05, 0.1) is 6.04 Å². The fourth-order valence-corrected chi connectivity index (χ4v) is 4.41. The third-order valence-corrected chi connectivity index (χ3v) is 5.41. The van der Waals surface area contributed by atoms with Crippen molar-refractivity contribution in [1.29, 1.82) is 0 Å². The molecule has 5 atom stereocenters. The lowest BCUT2D eigenvalue weighted by Crippen LogP contribution is -2.36. The SMILES string of the molecule is C[C@H]1C(=O)N2[C@@H](C)[C@@H](c3ccccc3)O[C@H]2[C@@H]1CI. The lowest BCUT2D eigenvalue weighted by atomic mass is 9.98. The van der Waals surface area contributed by atoms with E-state index in [-0.39, 0.29) is 30.2 Å². The van der Waals surface area contributed by atoms with Gasteiger partial charge in [-0.3, -0.25) is 4.79 Å². The van der Waals surface area contributed by atoms with Crippen molar-refractivity contribution in [2.45, 2.75) is 32.2 Å². The zero-order valence-electron chi connectivity index (χ0n) is 11.1. The quantitative estimate of drug-likeness (QED) is 0.591. The standard InChI is InChI=1S/C15H18INO2/c1-9-12(8-16)15-17(14(9)18)10(2)13(19-15)11-6-4-3-5-7-11/h3-7,9-10,12-13,15H,8H2,1-2H3/t9-,10+,12-,13+,15+/m1/s1. The summed E-state index contributed by atoms with van der Waals surface area (Å²) >= 11 is 2.36. The fourth-order valence-electron chi connectivity index (χ4n) is 3.22. The number of benzene rings is 1. The van der Waals surface area contributed by atoms with Gasteiger partial charge in [-0.15, -0.1) is 0 Å². The van der Waals surface area contributed by atoms with Gasteiger partial charge in [-0.2, -0.15) is 0 Å². The Balaban J connectivity index is 1.90. The lowest BCUT2D eigenvalue weighted by Gasteiger charge is -2.21. The monoisotopic (exact) mass is 371 g/mol. The van der Waals surface area contributed by atoms with Crippen LogP contribution in [0.2, 0.25) is 0 Å². The molecule has 3 rings (SSSR count). The summed E-state index contributed by atoms with van der Waals surface area (Å²) in [5.74, 6) is 0.642. The second-order valence-corrected chi connectivity index (χ2v) is 6.33. The molecule has 0 N–H and O–H groups in total. The van der Waals surface area contributed by atoms with Crippen LogP contribution in [-0.4, -0.2) is 27.5 Å². The molecule has 1 aromatic rings. The predicted octanol–water partition coefficient (Wildman–Crippen LogP) is 3.00. The number of fused-ring (bicyclic) bond motifs is 1. The van der Waals surface area contributed by atoms with Crippen molar-refractivity contribution in [2.75, 3.05) is 4.43 Å². The number of amides is 1. The summed E-state index contributed by atoms with van der Waals surface area (Å²) in [5.41, 5.74) is 1.16. The van der Waals surface area contributed by atoms with E-state index in [0.717, 1.165) is 9.99 Å². The Morgan fingerprint density at radius 3 is 2.58 bits per heavy atom. The average molecular weight is 371 g/mol. The molecule has 2 aliphatic heterocycles. The second kappa shape index (κ2) is 5.05. The van der Waals surface area contributed by atoms with Crippen LogP contribution in [0.4, 0.5) is 0 Å². The van der Waals surface area contributed by atoms with Crippen LogP contribution in [0.3, 0.4) is 0 Å². The van der Waals surface area contributed by atoms with E-state index in [9.17, 15) is 4.79 Å². The molecule has 2 aliphatic rings. The van der Waals surface area contributed by atoms with E-state index in [0.29, 0.717) is 5.92 Å². The molecule has 0 radical (unpaired) electrons. The van der Waals surface area contributed by atoms with Crippen molar-refractivity contribution >= 4 is 28.5 Å². The Morgan fingerprint density at radius 2 is 1.95 bits per heavy atom. The highest BCUT2D eigenvalue weighted by molar-refractivity contribution is 14.1. The first kappa shape index (κ1) is 13.4. The van der Waals surface area contributed by atoms with E-state index in [2.05, 4.69) is 41.6 Å².